The summed E-state index contributed by atoms with van der Waals surface area (Å²) in [5.74, 6) is 0. The maximum absolute atomic E-state index is 11.2. The third kappa shape index (κ3) is 1.29. The fraction of sp³-hybridized carbons (Fsp3) is 0.0588. The molecule has 96 valence electrons. The highest BCUT2D eigenvalue weighted by Gasteiger charge is 2.17. The highest BCUT2D eigenvalue weighted by Crippen LogP contribution is 2.38. The van der Waals surface area contributed by atoms with Crippen LogP contribution in [0.3, 0.4) is 0 Å². The van der Waals surface area contributed by atoms with Gasteiger partial charge in [0.2, 0.25) is 0 Å². The molecule has 4 aromatic rings. The number of nitro benzene ring substituents is 1. The lowest BCUT2D eigenvalue weighted by molar-refractivity contribution is -0.385. The van der Waals surface area contributed by atoms with Crippen molar-refractivity contribution in [3.63, 3.8) is 0 Å². The number of nitrogens with zero attached hydrogens (tertiary/aromatic N) is 1. The summed E-state index contributed by atoms with van der Waals surface area (Å²) in [5.41, 5.74) is 0.927. The third-order valence-electron chi connectivity index (χ3n) is 4.09. The van der Waals surface area contributed by atoms with E-state index in [0.717, 1.165) is 21.7 Å². The maximum atomic E-state index is 11.2. The van der Waals surface area contributed by atoms with E-state index in [9.17, 15) is 10.1 Å². The molecule has 4 rings (SSSR count). The molecule has 0 N–H and O–H groups in total. The van der Waals surface area contributed by atoms with E-state index in [2.05, 4.69) is 12.1 Å². The van der Waals surface area contributed by atoms with E-state index in [0.29, 0.717) is 0 Å². The zero-order valence-corrected chi connectivity index (χ0v) is 10.9. The average Bonchev–Trinajstić information content (AvgIpc) is 2.46. The van der Waals surface area contributed by atoms with Gasteiger partial charge in [-0.15, -0.1) is 0 Å². The van der Waals surface area contributed by atoms with Crippen LogP contribution in [0.2, 0.25) is 0 Å². The van der Waals surface area contributed by atoms with Crippen molar-refractivity contribution in [2.45, 2.75) is 6.92 Å². The molecular weight excluding hydrogens is 250 g/mol. The topological polar surface area (TPSA) is 43.1 Å². The highest BCUT2D eigenvalue weighted by atomic mass is 16.6. The van der Waals surface area contributed by atoms with Crippen LogP contribution < -0.4 is 0 Å². The van der Waals surface area contributed by atoms with E-state index in [1.165, 1.54) is 16.2 Å². The summed E-state index contributed by atoms with van der Waals surface area (Å²) in [7, 11) is 0. The molecule has 0 fully saturated rings. The van der Waals surface area contributed by atoms with Crippen molar-refractivity contribution in [3.05, 3.63) is 64.2 Å². The largest absolute Gasteiger partial charge is 0.273 e. The number of hydrogen-bond donors (Lipinski definition) is 0. The normalized spacial score (nSPS) is 11.7. The fourth-order valence-corrected chi connectivity index (χ4v) is 3.13. The number of benzene rings is 4. The Morgan fingerprint density at radius 3 is 2.25 bits per heavy atom. The number of aryl methyl sites for hydroxylation is 1. The molecule has 0 aromatic heterocycles. The van der Waals surface area contributed by atoms with E-state index >= 15 is 0 Å². The molecule has 3 nitrogen and oxygen atoms in total. The van der Waals surface area contributed by atoms with Crippen molar-refractivity contribution in [1.29, 1.82) is 0 Å². The summed E-state index contributed by atoms with van der Waals surface area (Å²) in [6.45, 7) is 1.82. The lowest BCUT2D eigenvalue weighted by Gasteiger charge is -2.12. The van der Waals surface area contributed by atoms with Crippen LogP contribution in [0.1, 0.15) is 5.56 Å². The Morgan fingerprint density at radius 2 is 1.55 bits per heavy atom. The van der Waals surface area contributed by atoms with Crippen LogP contribution in [0.4, 0.5) is 5.69 Å². The number of hydrogen-bond acceptors (Lipinski definition) is 2. The molecule has 0 bridgehead atoms. The summed E-state index contributed by atoms with van der Waals surface area (Å²) < 4.78 is 0. The number of nitro groups is 1. The van der Waals surface area contributed by atoms with Crippen LogP contribution in [0, 0.1) is 17.0 Å². The highest BCUT2D eigenvalue weighted by molar-refractivity contribution is 6.24. The number of rotatable bonds is 1. The van der Waals surface area contributed by atoms with Crippen LogP contribution >= 0.6 is 0 Å². The van der Waals surface area contributed by atoms with Crippen molar-refractivity contribution in [2.75, 3.05) is 0 Å². The molecule has 0 heterocycles. The van der Waals surface area contributed by atoms with Gasteiger partial charge in [-0.1, -0.05) is 42.5 Å². The molecule has 0 unspecified atom stereocenters. The molecule has 4 aromatic carbocycles. The van der Waals surface area contributed by atoms with E-state index < -0.39 is 0 Å². The molecule has 0 amide bonds. The van der Waals surface area contributed by atoms with E-state index in [-0.39, 0.29) is 10.6 Å². The van der Waals surface area contributed by atoms with Crippen molar-refractivity contribution in [3.8, 4) is 0 Å². The molecule has 0 spiro atoms. The van der Waals surface area contributed by atoms with Gasteiger partial charge in [-0.3, -0.25) is 10.1 Å². The Hall–Kier alpha value is -2.68. The minimum Gasteiger partial charge on any atom is -0.258 e. The predicted molar refractivity (Wildman–Crippen MR) is 81.5 cm³/mol. The first-order valence-corrected chi connectivity index (χ1v) is 6.48. The van der Waals surface area contributed by atoms with Crippen LogP contribution in [-0.4, -0.2) is 4.92 Å². The molecule has 3 heteroatoms. The van der Waals surface area contributed by atoms with Gasteiger partial charge in [0.1, 0.15) is 0 Å². The first-order chi connectivity index (χ1) is 9.66. The first-order valence-electron chi connectivity index (χ1n) is 6.48. The minimum absolute atomic E-state index is 0.191. The third-order valence-corrected chi connectivity index (χ3v) is 4.09. The smallest absolute Gasteiger partial charge is 0.258 e. The fourth-order valence-electron chi connectivity index (χ4n) is 3.13. The summed E-state index contributed by atoms with van der Waals surface area (Å²) in [6.07, 6.45) is 0. The summed E-state index contributed by atoms with van der Waals surface area (Å²) in [4.78, 5) is 10.9. The molecule has 20 heavy (non-hydrogen) atoms. The second-order valence-electron chi connectivity index (χ2n) is 5.13. The van der Waals surface area contributed by atoms with Gasteiger partial charge in [-0.2, -0.15) is 0 Å². The van der Waals surface area contributed by atoms with Gasteiger partial charge in [-0.25, -0.2) is 0 Å². The van der Waals surface area contributed by atoms with Gasteiger partial charge in [0.05, 0.1) is 4.92 Å². The van der Waals surface area contributed by atoms with Gasteiger partial charge in [0.15, 0.2) is 0 Å². The Labute approximate surface area is 114 Å². The van der Waals surface area contributed by atoms with Gasteiger partial charge >= 0.3 is 0 Å². The predicted octanol–water partition coefficient (Wildman–Crippen LogP) is 4.80. The second kappa shape index (κ2) is 3.67. The van der Waals surface area contributed by atoms with Gasteiger partial charge < -0.3 is 0 Å². The maximum Gasteiger partial charge on any atom is 0.273 e. The van der Waals surface area contributed by atoms with Crippen LogP contribution in [0.15, 0.2) is 48.5 Å². The Morgan fingerprint density at radius 1 is 0.900 bits per heavy atom. The molecule has 0 saturated carbocycles. The second-order valence-corrected chi connectivity index (χ2v) is 5.13. The van der Waals surface area contributed by atoms with Crippen LogP contribution in [0.5, 0.6) is 0 Å². The van der Waals surface area contributed by atoms with Gasteiger partial charge in [0.25, 0.3) is 5.69 Å². The Balaban J connectivity index is 2.36. The molecule has 0 radical (unpaired) electrons. The molecule has 0 aliphatic rings. The molecule has 0 atom stereocenters. The zero-order chi connectivity index (χ0) is 13.9. The van der Waals surface area contributed by atoms with Gasteiger partial charge in [-0.05, 0) is 39.2 Å². The van der Waals surface area contributed by atoms with E-state index in [1.54, 1.807) is 6.07 Å². The minimum atomic E-state index is -0.302. The molecule has 0 aliphatic carbocycles. The lowest BCUT2D eigenvalue weighted by Crippen LogP contribution is -1.94. The average molecular weight is 261 g/mol. The van der Waals surface area contributed by atoms with Gasteiger partial charge in [0, 0.05) is 11.6 Å². The summed E-state index contributed by atoms with van der Waals surface area (Å²) in [5, 5.41) is 17.8. The summed E-state index contributed by atoms with van der Waals surface area (Å²) >= 11 is 0. The quantitative estimate of drug-likeness (QED) is 0.280. The van der Waals surface area contributed by atoms with Crippen LogP contribution in [-0.2, 0) is 0 Å². The standard InChI is InChI=1S/C17H11NO2/c1-10-14-8-7-12-4-2-3-11-5-6-13(17(14)16(11)12)9-15(10)18(19)20/h2-9H,1H3. The first kappa shape index (κ1) is 11.2. The Bertz CT molecular complexity index is 973. The summed E-state index contributed by atoms with van der Waals surface area (Å²) in [6, 6.07) is 15.9. The zero-order valence-electron chi connectivity index (χ0n) is 10.9. The van der Waals surface area contributed by atoms with Crippen LogP contribution in [0.25, 0.3) is 32.3 Å². The van der Waals surface area contributed by atoms with Crippen molar-refractivity contribution >= 4 is 38.0 Å². The monoisotopic (exact) mass is 261 g/mol. The molecule has 0 saturated heterocycles. The van der Waals surface area contributed by atoms with Crippen molar-refractivity contribution in [2.24, 2.45) is 0 Å². The Kier molecular flexibility index (Phi) is 2.05. The van der Waals surface area contributed by atoms with Crippen molar-refractivity contribution in [1.82, 2.24) is 0 Å². The van der Waals surface area contributed by atoms with E-state index in [1.807, 2.05) is 37.3 Å². The SMILES string of the molecule is Cc1c([N+](=O)[O-])cc2ccc3cccc4ccc1c2c34. The van der Waals surface area contributed by atoms with E-state index in [4.69, 9.17) is 0 Å². The van der Waals surface area contributed by atoms with Crippen molar-refractivity contribution < 1.29 is 4.92 Å². The molecule has 0 aliphatic heterocycles. The molecular formula is C17H11NO2. The lowest BCUT2D eigenvalue weighted by atomic mass is 9.91.